The first-order chi connectivity index (χ1) is 8.16. The Hall–Kier alpha value is -0.240. The second-order valence-corrected chi connectivity index (χ2v) is 6.92. The van der Waals surface area contributed by atoms with Crippen molar-refractivity contribution in [2.24, 2.45) is 39.3 Å². The molecule has 3 heteroatoms. The van der Waals surface area contributed by atoms with Crippen LogP contribution in [0.1, 0.15) is 51.9 Å². The Kier molecular flexibility index (Phi) is 2.89. The second kappa shape index (κ2) is 4.15. The zero-order valence-corrected chi connectivity index (χ0v) is 11.4. The first kappa shape index (κ1) is 11.8. The molecule has 4 aliphatic rings. The van der Waals surface area contributed by atoms with E-state index < -0.39 is 0 Å². The van der Waals surface area contributed by atoms with Crippen molar-refractivity contribution >= 4 is 17.6 Å². The molecule has 0 amide bonds. The Balaban J connectivity index is 1.90. The second-order valence-electron chi connectivity index (χ2n) is 6.75. The van der Waals surface area contributed by atoms with E-state index >= 15 is 0 Å². The Morgan fingerprint density at radius 1 is 1.24 bits per heavy atom. The van der Waals surface area contributed by atoms with Crippen molar-refractivity contribution in [3.8, 4) is 0 Å². The maximum Gasteiger partial charge on any atom is 0.117 e. The molecule has 96 valence electrons. The monoisotopic (exact) mass is 254 g/mol. The third-order valence-electron chi connectivity index (χ3n) is 5.69. The molecule has 4 fully saturated rings. The summed E-state index contributed by atoms with van der Waals surface area (Å²) in [6.07, 6.45) is 9.67. The van der Waals surface area contributed by atoms with Crippen LogP contribution in [0.3, 0.4) is 0 Å². The summed E-state index contributed by atoms with van der Waals surface area (Å²) in [5, 5.41) is 0. The molecule has 0 spiro atoms. The van der Waals surface area contributed by atoms with E-state index in [2.05, 4.69) is 11.4 Å². The van der Waals surface area contributed by atoms with E-state index in [0.29, 0.717) is 17.2 Å². The van der Waals surface area contributed by atoms with Crippen molar-refractivity contribution < 1.29 is 0 Å². The van der Waals surface area contributed by atoms with E-state index in [1.165, 1.54) is 38.5 Å². The largest absolute Gasteiger partial charge is 0.386 e. The molecule has 1 unspecified atom stereocenters. The quantitative estimate of drug-likeness (QED) is 0.605. The fourth-order valence-corrected chi connectivity index (χ4v) is 5.74. The van der Waals surface area contributed by atoms with Crippen LogP contribution in [0.4, 0.5) is 0 Å². The molecule has 1 atom stereocenters. The molecular formula is C14H23ClN2. The van der Waals surface area contributed by atoms with Gasteiger partial charge < -0.3 is 5.73 Å². The van der Waals surface area contributed by atoms with Crippen LogP contribution in [0.25, 0.3) is 0 Å². The minimum Gasteiger partial charge on any atom is -0.386 e. The number of nitrogens with two attached hydrogens (primary N) is 1. The zero-order valence-electron chi connectivity index (χ0n) is 10.7. The van der Waals surface area contributed by atoms with Crippen LogP contribution in [-0.2, 0) is 0 Å². The first-order valence-corrected chi connectivity index (χ1v) is 7.45. The minimum atomic E-state index is 0.424. The number of rotatable bonds is 3. The molecule has 4 aliphatic carbocycles. The Morgan fingerprint density at radius 2 is 1.71 bits per heavy atom. The molecule has 0 heterocycles. The van der Waals surface area contributed by atoms with Gasteiger partial charge in [0.1, 0.15) is 5.84 Å². The zero-order chi connectivity index (χ0) is 12.0. The van der Waals surface area contributed by atoms with Crippen LogP contribution in [0.15, 0.2) is 4.51 Å². The van der Waals surface area contributed by atoms with Crippen LogP contribution < -0.4 is 5.73 Å². The van der Waals surface area contributed by atoms with Crippen molar-refractivity contribution in [1.29, 1.82) is 0 Å². The summed E-state index contributed by atoms with van der Waals surface area (Å²) < 4.78 is 3.78. The van der Waals surface area contributed by atoms with Gasteiger partial charge in [-0.3, -0.25) is 0 Å². The van der Waals surface area contributed by atoms with Crippen LogP contribution in [-0.4, -0.2) is 5.84 Å². The summed E-state index contributed by atoms with van der Waals surface area (Å²) in [5.74, 6) is 4.03. The van der Waals surface area contributed by atoms with Crippen molar-refractivity contribution in [1.82, 2.24) is 0 Å². The SMILES string of the molecule is CCC(/C(N)=N/Cl)C12CC3CC(CC(C3)C1)C2. The predicted molar refractivity (Wildman–Crippen MR) is 71.9 cm³/mol. The Labute approximate surface area is 109 Å². The van der Waals surface area contributed by atoms with Gasteiger partial charge in [0, 0.05) is 17.7 Å². The van der Waals surface area contributed by atoms with E-state index in [9.17, 15) is 0 Å². The fraction of sp³-hybridized carbons (Fsp3) is 0.929. The standard InChI is InChI=1S/C14H23ClN2/c1-2-12(13(16)17-15)14-6-9-3-10(7-14)5-11(4-9)8-14/h9-12H,2-8H2,1H3,(H2,16,17). The van der Waals surface area contributed by atoms with E-state index in [4.69, 9.17) is 17.5 Å². The van der Waals surface area contributed by atoms with Crippen molar-refractivity contribution in [3.05, 3.63) is 0 Å². The molecule has 17 heavy (non-hydrogen) atoms. The molecule has 2 nitrogen and oxygen atoms in total. The van der Waals surface area contributed by atoms with Gasteiger partial charge in [0.25, 0.3) is 0 Å². The van der Waals surface area contributed by atoms with Gasteiger partial charge in [0.15, 0.2) is 0 Å². The van der Waals surface area contributed by atoms with E-state index in [0.717, 1.165) is 24.2 Å². The number of hydrogen-bond acceptors (Lipinski definition) is 1. The maximum absolute atomic E-state index is 6.07. The van der Waals surface area contributed by atoms with Crippen molar-refractivity contribution in [2.45, 2.75) is 51.9 Å². The van der Waals surface area contributed by atoms with Gasteiger partial charge in [-0.05, 0) is 68.1 Å². The molecule has 0 aromatic heterocycles. The summed E-state index contributed by atoms with van der Waals surface area (Å²) >= 11 is 5.63. The number of amidine groups is 1. The summed E-state index contributed by atoms with van der Waals surface area (Å²) in [7, 11) is 0. The van der Waals surface area contributed by atoms with Crippen molar-refractivity contribution in [3.63, 3.8) is 0 Å². The van der Waals surface area contributed by atoms with Gasteiger partial charge in [0.05, 0.1) is 0 Å². The molecule has 0 aromatic carbocycles. The van der Waals surface area contributed by atoms with Gasteiger partial charge in [-0.1, -0.05) is 6.92 Å². The summed E-state index contributed by atoms with van der Waals surface area (Å²) in [6, 6.07) is 0. The van der Waals surface area contributed by atoms with E-state index in [-0.39, 0.29) is 0 Å². The summed E-state index contributed by atoms with van der Waals surface area (Å²) in [6.45, 7) is 2.23. The highest BCUT2D eigenvalue weighted by atomic mass is 35.5. The molecule has 0 aliphatic heterocycles. The molecule has 4 bridgehead atoms. The lowest BCUT2D eigenvalue weighted by atomic mass is 9.46. The summed E-state index contributed by atoms with van der Waals surface area (Å²) in [5.41, 5.74) is 6.52. The molecule has 4 saturated carbocycles. The molecular weight excluding hydrogens is 232 g/mol. The van der Waals surface area contributed by atoms with Crippen molar-refractivity contribution in [2.75, 3.05) is 0 Å². The molecule has 0 aromatic rings. The minimum absolute atomic E-state index is 0.424. The number of hydrogen-bond donors (Lipinski definition) is 1. The highest BCUT2D eigenvalue weighted by Gasteiger charge is 2.54. The third-order valence-corrected chi connectivity index (χ3v) is 5.88. The van der Waals surface area contributed by atoms with Gasteiger partial charge in [-0.25, -0.2) is 0 Å². The van der Waals surface area contributed by atoms with Gasteiger partial charge >= 0.3 is 0 Å². The number of halogens is 1. The van der Waals surface area contributed by atoms with Gasteiger partial charge in [-0.2, -0.15) is 4.51 Å². The Morgan fingerprint density at radius 3 is 2.06 bits per heavy atom. The number of nitrogens with zero attached hydrogens (tertiary/aromatic N) is 1. The average Bonchev–Trinajstić information content (AvgIpc) is 2.27. The average molecular weight is 255 g/mol. The fourth-order valence-electron chi connectivity index (χ4n) is 5.62. The maximum atomic E-state index is 6.07. The normalized spacial score (nSPS) is 46.2. The Bertz CT molecular complexity index is 302. The van der Waals surface area contributed by atoms with Crippen LogP contribution >= 0.6 is 11.8 Å². The van der Waals surface area contributed by atoms with Gasteiger partial charge in [0.2, 0.25) is 0 Å². The highest BCUT2D eigenvalue weighted by molar-refractivity contribution is 6.19. The first-order valence-electron chi connectivity index (χ1n) is 7.11. The molecule has 4 rings (SSSR count). The highest BCUT2D eigenvalue weighted by Crippen LogP contribution is 2.63. The third kappa shape index (κ3) is 1.80. The predicted octanol–water partition coefficient (Wildman–Crippen LogP) is 3.74. The lowest BCUT2D eigenvalue weighted by Gasteiger charge is -2.59. The lowest BCUT2D eigenvalue weighted by molar-refractivity contribution is -0.0728. The lowest BCUT2D eigenvalue weighted by Crippen LogP contribution is -2.52. The van der Waals surface area contributed by atoms with Crippen LogP contribution in [0.5, 0.6) is 0 Å². The van der Waals surface area contributed by atoms with E-state index in [1.54, 1.807) is 0 Å². The van der Waals surface area contributed by atoms with Crippen LogP contribution in [0, 0.1) is 29.1 Å². The molecule has 0 saturated heterocycles. The topological polar surface area (TPSA) is 38.4 Å². The van der Waals surface area contributed by atoms with Gasteiger partial charge in [-0.15, -0.1) is 0 Å². The molecule has 2 N–H and O–H groups in total. The smallest absolute Gasteiger partial charge is 0.117 e. The van der Waals surface area contributed by atoms with E-state index in [1.807, 2.05) is 0 Å². The van der Waals surface area contributed by atoms with Crippen LogP contribution in [0.2, 0.25) is 0 Å². The summed E-state index contributed by atoms with van der Waals surface area (Å²) in [4.78, 5) is 0. The molecule has 0 radical (unpaired) electrons.